The minimum atomic E-state index is 0.807. The molecule has 4 heteroatoms. The Kier molecular flexibility index (Phi) is 5.36. The van der Waals surface area contributed by atoms with Crippen LogP contribution in [0.2, 0.25) is 0 Å². The predicted molar refractivity (Wildman–Crippen MR) is 80.2 cm³/mol. The zero-order valence-corrected chi connectivity index (χ0v) is 12.2. The number of nitrogens with one attached hydrogen (secondary N) is 1. The average molecular weight is 273 g/mol. The number of aromatic nitrogens is 2. The van der Waals surface area contributed by atoms with Gasteiger partial charge in [-0.1, -0.05) is 25.1 Å². The summed E-state index contributed by atoms with van der Waals surface area (Å²) in [7, 11) is 0. The van der Waals surface area contributed by atoms with Crippen LogP contribution in [0.1, 0.15) is 24.0 Å². The van der Waals surface area contributed by atoms with Gasteiger partial charge in [-0.25, -0.2) is 9.97 Å². The van der Waals surface area contributed by atoms with E-state index in [2.05, 4.69) is 53.4 Å². The summed E-state index contributed by atoms with van der Waals surface area (Å²) < 4.78 is 0. The van der Waals surface area contributed by atoms with Crippen molar-refractivity contribution in [2.45, 2.75) is 31.0 Å². The lowest BCUT2D eigenvalue weighted by molar-refractivity contribution is 0.704. The predicted octanol–water partition coefficient (Wildman–Crippen LogP) is 3.19. The third kappa shape index (κ3) is 4.33. The van der Waals surface area contributed by atoms with Crippen molar-refractivity contribution in [2.24, 2.45) is 0 Å². The van der Waals surface area contributed by atoms with E-state index in [4.69, 9.17) is 0 Å². The van der Waals surface area contributed by atoms with Gasteiger partial charge in [-0.3, -0.25) is 0 Å². The molecule has 2 rings (SSSR count). The van der Waals surface area contributed by atoms with Crippen LogP contribution in [0.5, 0.6) is 0 Å². The lowest BCUT2D eigenvalue weighted by Crippen LogP contribution is -2.13. The number of rotatable bonds is 6. The molecule has 0 aliphatic heterocycles. The monoisotopic (exact) mass is 273 g/mol. The molecule has 0 radical (unpaired) electrons. The fraction of sp³-hybridized carbons (Fsp3) is 0.333. The van der Waals surface area contributed by atoms with Crippen LogP contribution in [0.15, 0.2) is 41.4 Å². The molecule has 2 aromatic rings. The van der Waals surface area contributed by atoms with Crippen LogP contribution in [0.3, 0.4) is 0 Å². The van der Waals surface area contributed by atoms with Gasteiger partial charge in [0.05, 0.1) is 11.4 Å². The lowest BCUT2D eigenvalue weighted by atomic mass is 10.2. The maximum absolute atomic E-state index is 4.56. The Morgan fingerprint density at radius 3 is 2.84 bits per heavy atom. The van der Waals surface area contributed by atoms with Gasteiger partial charge in [0.25, 0.3) is 0 Å². The van der Waals surface area contributed by atoms with E-state index in [1.54, 1.807) is 11.8 Å². The molecule has 1 N–H and O–H groups in total. The second-order valence-electron chi connectivity index (χ2n) is 4.30. The second kappa shape index (κ2) is 7.26. The smallest absolute Gasteiger partial charge is 0.138 e. The highest BCUT2D eigenvalue weighted by atomic mass is 32.2. The van der Waals surface area contributed by atoms with E-state index in [0.29, 0.717) is 0 Å². The van der Waals surface area contributed by atoms with Gasteiger partial charge in [-0.2, -0.15) is 0 Å². The number of nitrogens with zero attached hydrogens (tertiary/aromatic N) is 2. The van der Waals surface area contributed by atoms with Crippen molar-refractivity contribution in [3.05, 3.63) is 53.6 Å². The molecule has 19 heavy (non-hydrogen) atoms. The molecule has 0 spiro atoms. The average Bonchev–Trinajstić information content (AvgIpc) is 2.45. The maximum Gasteiger partial charge on any atom is 0.138 e. The van der Waals surface area contributed by atoms with Gasteiger partial charge < -0.3 is 5.32 Å². The van der Waals surface area contributed by atoms with Gasteiger partial charge in [0.1, 0.15) is 5.82 Å². The summed E-state index contributed by atoms with van der Waals surface area (Å²) in [4.78, 5) is 10.2. The van der Waals surface area contributed by atoms with Gasteiger partial charge in [0, 0.05) is 17.6 Å². The summed E-state index contributed by atoms with van der Waals surface area (Å²) >= 11 is 1.79. The van der Waals surface area contributed by atoms with Gasteiger partial charge in [0.15, 0.2) is 0 Å². The minimum absolute atomic E-state index is 0.807. The van der Waals surface area contributed by atoms with Crippen LogP contribution >= 0.6 is 11.8 Å². The minimum Gasteiger partial charge on any atom is -0.311 e. The molecule has 0 atom stereocenters. The first-order chi connectivity index (χ1) is 9.29. The fourth-order valence-electron chi connectivity index (χ4n) is 1.72. The van der Waals surface area contributed by atoms with Crippen LogP contribution in [0.25, 0.3) is 0 Å². The summed E-state index contributed by atoms with van der Waals surface area (Å²) in [5.74, 6) is 1.70. The Balaban J connectivity index is 1.98. The molecule has 1 aromatic carbocycles. The van der Waals surface area contributed by atoms with Gasteiger partial charge >= 0.3 is 0 Å². The standard InChI is InChI=1S/C15H19N3S/c1-3-16-10-13-8-9-17-15(18-13)11-19-14-7-5-4-6-12(14)2/h4-9,16H,3,10-11H2,1-2H3. The fourth-order valence-corrected chi connectivity index (χ4v) is 2.62. The van der Waals surface area contributed by atoms with E-state index in [-0.39, 0.29) is 0 Å². The largest absolute Gasteiger partial charge is 0.311 e. The van der Waals surface area contributed by atoms with Crippen molar-refractivity contribution in [3.8, 4) is 0 Å². The van der Waals surface area contributed by atoms with Crippen molar-refractivity contribution >= 4 is 11.8 Å². The first-order valence-electron chi connectivity index (χ1n) is 6.49. The number of thioether (sulfide) groups is 1. The zero-order valence-electron chi connectivity index (χ0n) is 11.4. The van der Waals surface area contributed by atoms with Crippen molar-refractivity contribution < 1.29 is 0 Å². The molecule has 0 amide bonds. The van der Waals surface area contributed by atoms with Crippen molar-refractivity contribution in [3.63, 3.8) is 0 Å². The summed E-state index contributed by atoms with van der Waals surface area (Å²) in [5.41, 5.74) is 2.36. The molecule has 1 aromatic heterocycles. The van der Waals surface area contributed by atoms with Gasteiger partial charge in [-0.15, -0.1) is 11.8 Å². The third-order valence-electron chi connectivity index (χ3n) is 2.77. The summed E-state index contributed by atoms with van der Waals surface area (Å²) in [6.07, 6.45) is 1.84. The molecule has 0 saturated carbocycles. The molecule has 0 saturated heterocycles. The van der Waals surface area contributed by atoms with Crippen molar-refractivity contribution in [2.75, 3.05) is 6.54 Å². The van der Waals surface area contributed by atoms with E-state index in [9.17, 15) is 0 Å². The van der Waals surface area contributed by atoms with Crippen LogP contribution in [0.4, 0.5) is 0 Å². The Morgan fingerprint density at radius 2 is 2.05 bits per heavy atom. The maximum atomic E-state index is 4.56. The first kappa shape index (κ1) is 14.0. The first-order valence-corrected chi connectivity index (χ1v) is 7.48. The third-order valence-corrected chi connectivity index (χ3v) is 3.94. The molecular formula is C15H19N3S. The highest BCUT2D eigenvalue weighted by Gasteiger charge is 2.02. The number of aryl methyl sites for hydroxylation is 1. The van der Waals surface area contributed by atoms with E-state index in [1.807, 2.05) is 12.3 Å². The highest BCUT2D eigenvalue weighted by Crippen LogP contribution is 2.24. The molecule has 3 nitrogen and oxygen atoms in total. The molecular weight excluding hydrogens is 254 g/mol. The van der Waals surface area contributed by atoms with Crippen LogP contribution in [0, 0.1) is 6.92 Å². The van der Waals surface area contributed by atoms with Crippen molar-refractivity contribution in [1.82, 2.24) is 15.3 Å². The van der Waals surface area contributed by atoms with Gasteiger partial charge in [0.2, 0.25) is 0 Å². The van der Waals surface area contributed by atoms with Gasteiger partial charge in [-0.05, 0) is 31.2 Å². The van der Waals surface area contributed by atoms with E-state index >= 15 is 0 Å². The highest BCUT2D eigenvalue weighted by molar-refractivity contribution is 7.98. The van der Waals surface area contributed by atoms with Crippen LogP contribution in [-0.4, -0.2) is 16.5 Å². The van der Waals surface area contributed by atoms with E-state index in [1.165, 1.54) is 10.5 Å². The van der Waals surface area contributed by atoms with Crippen molar-refractivity contribution in [1.29, 1.82) is 0 Å². The van der Waals surface area contributed by atoms with E-state index < -0.39 is 0 Å². The molecule has 100 valence electrons. The normalized spacial score (nSPS) is 10.6. The van der Waals surface area contributed by atoms with E-state index in [0.717, 1.165) is 30.4 Å². The molecule has 0 unspecified atom stereocenters. The topological polar surface area (TPSA) is 37.8 Å². The Bertz CT molecular complexity index is 528. The molecule has 0 aliphatic rings. The Hall–Kier alpha value is -1.39. The summed E-state index contributed by atoms with van der Waals surface area (Å²) in [6, 6.07) is 10.4. The second-order valence-corrected chi connectivity index (χ2v) is 5.32. The quantitative estimate of drug-likeness (QED) is 0.820. The van der Waals surface area contributed by atoms with Crippen LogP contribution in [-0.2, 0) is 12.3 Å². The molecule has 1 heterocycles. The molecule has 0 bridgehead atoms. The molecule has 0 aliphatic carbocycles. The Labute approximate surface area is 118 Å². The SMILES string of the molecule is CCNCc1ccnc(CSc2ccccc2C)n1. The lowest BCUT2D eigenvalue weighted by Gasteiger charge is -2.06. The molecule has 0 fully saturated rings. The zero-order chi connectivity index (χ0) is 13.5. The summed E-state index contributed by atoms with van der Waals surface area (Å²) in [5, 5.41) is 3.28. The summed E-state index contributed by atoms with van der Waals surface area (Å²) in [6.45, 7) is 5.99. The number of hydrogen-bond acceptors (Lipinski definition) is 4. The Morgan fingerprint density at radius 1 is 1.21 bits per heavy atom. The number of benzene rings is 1. The number of hydrogen-bond donors (Lipinski definition) is 1. The van der Waals surface area contributed by atoms with Crippen LogP contribution < -0.4 is 5.32 Å².